The fourth-order valence-electron chi connectivity index (χ4n) is 2.00. The normalized spacial score (nSPS) is 15.0. The monoisotopic (exact) mass is 450 g/mol. The number of ether oxygens (including phenoxy) is 1. The predicted octanol–water partition coefficient (Wildman–Crippen LogP) is 6.34. The highest BCUT2D eigenvalue weighted by molar-refractivity contribution is 8.00. The van der Waals surface area contributed by atoms with Gasteiger partial charge in [0.2, 0.25) is 0 Å². The zero-order valence-corrected chi connectivity index (χ0v) is 16.3. The summed E-state index contributed by atoms with van der Waals surface area (Å²) in [5, 5.41) is -0.803. The molecule has 0 rings (SSSR count). The van der Waals surface area contributed by atoms with E-state index in [1.807, 2.05) is 6.92 Å². The molecular formula is C16H23F9O2S. The van der Waals surface area contributed by atoms with E-state index in [0.717, 1.165) is 18.2 Å². The van der Waals surface area contributed by atoms with E-state index in [2.05, 4.69) is 0 Å². The van der Waals surface area contributed by atoms with Gasteiger partial charge >= 0.3 is 29.9 Å². The Kier molecular flexibility index (Phi) is 9.99. The molecule has 0 aromatic heterocycles. The molecule has 0 aromatic carbocycles. The van der Waals surface area contributed by atoms with Crippen LogP contribution in [-0.4, -0.2) is 47.5 Å². The highest BCUT2D eigenvalue weighted by atomic mass is 32.2. The molecule has 0 heterocycles. The van der Waals surface area contributed by atoms with E-state index in [0.29, 0.717) is 6.42 Å². The minimum atomic E-state index is -6.87. The zero-order valence-electron chi connectivity index (χ0n) is 15.5. The van der Waals surface area contributed by atoms with Crippen molar-refractivity contribution in [3.05, 3.63) is 0 Å². The molecule has 0 N–H and O–H groups in total. The molecule has 0 spiro atoms. The van der Waals surface area contributed by atoms with Gasteiger partial charge in [0.1, 0.15) is 5.25 Å². The van der Waals surface area contributed by atoms with Crippen molar-refractivity contribution in [2.75, 3.05) is 12.4 Å². The van der Waals surface area contributed by atoms with Crippen LogP contribution in [0.25, 0.3) is 0 Å². The van der Waals surface area contributed by atoms with Gasteiger partial charge in [-0.1, -0.05) is 27.2 Å². The molecule has 1 unspecified atom stereocenters. The Morgan fingerprint density at radius 1 is 0.929 bits per heavy atom. The van der Waals surface area contributed by atoms with Crippen molar-refractivity contribution in [1.29, 1.82) is 0 Å². The first kappa shape index (κ1) is 27.2. The lowest BCUT2D eigenvalue weighted by molar-refractivity contribution is -0.396. The topological polar surface area (TPSA) is 26.3 Å². The maximum atomic E-state index is 13.4. The Labute approximate surface area is 161 Å². The third-order valence-electron chi connectivity index (χ3n) is 3.72. The van der Waals surface area contributed by atoms with Gasteiger partial charge in [-0.15, -0.1) is 11.8 Å². The van der Waals surface area contributed by atoms with Gasteiger partial charge in [-0.2, -0.15) is 39.5 Å². The van der Waals surface area contributed by atoms with E-state index >= 15 is 0 Å². The Bertz CT molecular complexity index is 493. The second-order valence-corrected chi connectivity index (χ2v) is 7.76. The van der Waals surface area contributed by atoms with E-state index in [1.54, 1.807) is 13.8 Å². The van der Waals surface area contributed by atoms with Crippen molar-refractivity contribution in [1.82, 2.24) is 0 Å². The van der Waals surface area contributed by atoms with Crippen LogP contribution in [0.3, 0.4) is 0 Å². The molecule has 1 atom stereocenters. The number of carbonyl (C=O) groups is 1. The quantitative estimate of drug-likeness (QED) is 0.197. The van der Waals surface area contributed by atoms with Crippen LogP contribution in [0, 0.1) is 5.92 Å². The number of esters is 1. The molecule has 0 aliphatic rings. The number of hydrogen-bond acceptors (Lipinski definition) is 3. The summed E-state index contributed by atoms with van der Waals surface area (Å²) in [6, 6.07) is 0. The van der Waals surface area contributed by atoms with Crippen LogP contribution in [0.5, 0.6) is 0 Å². The Morgan fingerprint density at radius 3 is 1.89 bits per heavy atom. The molecule has 0 saturated carbocycles. The lowest BCUT2D eigenvalue weighted by Crippen LogP contribution is -2.60. The van der Waals surface area contributed by atoms with E-state index < -0.39 is 48.0 Å². The number of carbonyl (C=O) groups excluding carboxylic acids is 1. The van der Waals surface area contributed by atoms with Gasteiger partial charge in [0, 0.05) is 6.42 Å². The van der Waals surface area contributed by atoms with Crippen LogP contribution < -0.4 is 0 Å². The Balaban J connectivity index is 4.84. The fourth-order valence-corrected chi connectivity index (χ4v) is 3.16. The zero-order chi connectivity index (χ0) is 22.4. The van der Waals surface area contributed by atoms with Crippen LogP contribution in [0.1, 0.15) is 46.5 Å². The maximum Gasteiger partial charge on any atom is 0.460 e. The number of hydrogen-bond donors (Lipinski definition) is 0. The van der Waals surface area contributed by atoms with Gasteiger partial charge < -0.3 is 4.74 Å². The molecule has 2 nitrogen and oxygen atoms in total. The van der Waals surface area contributed by atoms with Gasteiger partial charge in [-0.3, -0.25) is 4.79 Å². The van der Waals surface area contributed by atoms with Crippen LogP contribution in [0.4, 0.5) is 39.5 Å². The Morgan fingerprint density at radius 2 is 1.46 bits per heavy atom. The summed E-state index contributed by atoms with van der Waals surface area (Å²) >= 11 is 0.798. The first-order valence-electron chi connectivity index (χ1n) is 8.51. The summed E-state index contributed by atoms with van der Waals surface area (Å²) < 4.78 is 120. The number of thioether (sulfide) groups is 1. The summed E-state index contributed by atoms with van der Waals surface area (Å²) in [4.78, 5) is 11.9. The largest absolute Gasteiger partial charge is 0.465 e. The van der Waals surface area contributed by atoms with Crippen molar-refractivity contribution in [2.24, 2.45) is 5.92 Å². The van der Waals surface area contributed by atoms with Crippen LogP contribution in [-0.2, 0) is 9.53 Å². The summed E-state index contributed by atoms with van der Waals surface area (Å²) in [5.41, 5.74) is 0. The highest BCUT2D eigenvalue weighted by Gasteiger charge is 2.81. The van der Waals surface area contributed by atoms with Gasteiger partial charge in [-0.05, 0) is 24.5 Å². The standard InChI is InChI=1S/C16H23F9O2S/c1-4-5-8-27-12(26)11(10(2)3)28-9-6-7-13(17,18)14(19,20)15(21,22)16(23,24)25/h10-11H,4-9H2,1-3H3. The summed E-state index contributed by atoms with van der Waals surface area (Å²) in [5.74, 6) is -20.3. The Hall–Kier alpha value is -0.810. The van der Waals surface area contributed by atoms with Crippen molar-refractivity contribution >= 4 is 17.7 Å². The van der Waals surface area contributed by atoms with Gasteiger partial charge in [-0.25, -0.2) is 0 Å². The molecule has 0 aromatic rings. The number of unbranched alkanes of at least 4 members (excludes halogenated alkanes) is 1. The third kappa shape index (κ3) is 6.62. The van der Waals surface area contributed by atoms with Crippen LogP contribution >= 0.6 is 11.8 Å². The summed E-state index contributed by atoms with van der Waals surface area (Å²) in [6.45, 7) is 5.27. The first-order chi connectivity index (χ1) is 12.5. The molecule has 0 aliphatic heterocycles. The molecule has 168 valence electrons. The second-order valence-electron chi connectivity index (χ2n) is 6.51. The minimum absolute atomic E-state index is 0.149. The highest BCUT2D eigenvalue weighted by Crippen LogP contribution is 2.54. The van der Waals surface area contributed by atoms with E-state index in [1.165, 1.54) is 0 Å². The van der Waals surface area contributed by atoms with Crippen LogP contribution in [0.2, 0.25) is 0 Å². The van der Waals surface area contributed by atoms with Crippen LogP contribution in [0.15, 0.2) is 0 Å². The lowest BCUT2D eigenvalue weighted by atomic mass is 10.00. The number of rotatable bonds is 12. The van der Waals surface area contributed by atoms with Crippen molar-refractivity contribution in [3.63, 3.8) is 0 Å². The SMILES string of the molecule is CCCCOC(=O)C(SCCCC(F)(F)C(F)(F)C(F)(F)C(F)(F)F)C(C)C. The number of alkyl halides is 9. The van der Waals surface area contributed by atoms with E-state index in [4.69, 9.17) is 4.74 Å². The molecule has 28 heavy (non-hydrogen) atoms. The van der Waals surface area contributed by atoms with Gasteiger partial charge in [0.25, 0.3) is 0 Å². The lowest BCUT2D eigenvalue weighted by Gasteiger charge is -2.33. The molecule has 0 aliphatic carbocycles. The van der Waals surface area contributed by atoms with E-state index in [-0.39, 0.29) is 18.3 Å². The molecule has 0 fully saturated rings. The number of halogens is 9. The molecule has 0 amide bonds. The molecular weight excluding hydrogens is 427 g/mol. The fraction of sp³-hybridized carbons (Fsp3) is 0.938. The van der Waals surface area contributed by atoms with E-state index in [9.17, 15) is 44.3 Å². The molecule has 0 saturated heterocycles. The minimum Gasteiger partial charge on any atom is -0.465 e. The average Bonchev–Trinajstić information content (AvgIpc) is 2.52. The summed E-state index contributed by atoms with van der Waals surface area (Å²) in [7, 11) is 0. The summed E-state index contributed by atoms with van der Waals surface area (Å²) in [6.07, 6.45) is -8.14. The van der Waals surface area contributed by atoms with Crippen molar-refractivity contribution in [2.45, 2.75) is 75.6 Å². The third-order valence-corrected chi connectivity index (χ3v) is 5.34. The smallest absolute Gasteiger partial charge is 0.460 e. The van der Waals surface area contributed by atoms with Gasteiger partial charge in [0.15, 0.2) is 0 Å². The molecule has 0 radical (unpaired) electrons. The first-order valence-corrected chi connectivity index (χ1v) is 9.56. The molecule has 12 heteroatoms. The average molecular weight is 450 g/mol. The van der Waals surface area contributed by atoms with Crippen molar-refractivity contribution in [3.8, 4) is 0 Å². The van der Waals surface area contributed by atoms with Gasteiger partial charge in [0.05, 0.1) is 6.61 Å². The van der Waals surface area contributed by atoms with Crippen molar-refractivity contribution < 1.29 is 49.0 Å². The second kappa shape index (κ2) is 10.3. The predicted molar refractivity (Wildman–Crippen MR) is 87.1 cm³/mol. The maximum absolute atomic E-state index is 13.4. The molecule has 0 bridgehead atoms.